The summed E-state index contributed by atoms with van der Waals surface area (Å²) in [5.74, 6) is 0. The minimum atomic E-state index is -2.06. The van der Waals surface area contributed by atoms with Gasteiger partial charge in [-0.2, -0.15) is 0 Å². The molecule has 0 spiro atoms. The number of hydrogen-bond donors (Lipinski definition) is 4. The largest absolute Gasteiger partial charge is 0.394 e. The van der Waals surface area contributed by atoms with Crippen LogP contribution in [-0.2, 0) is 9.16 Å². The van der Waals surface area contributed by atoms with Crippen LogP contribution >= 0.6 is 0 Å². The summed E-state index contributed by atoms with van der Waals surface area (Å²) >= 11 is 0. The molecule has 108 valence electrons. The molecule has 1 heterocycles. The maximum atomic E-state index is 9.85. The molecule has 0 bridgehead atoms. The third-order valence-corrected chi connectivity index (χ3v) is 7.28. The highest BCUT2D eigenvalue weighted by molar-refractivity contribution is 6.72. The van der Waals surface area contributed by atoms with Crippen molar-refractivity contribution in [2.45, 2.75) is 63.2 Å². The van der Waals surface area contributed by atoms with E-state index in [2.05, 4.69) is 0 Å². The molecule has 0 aromatic heterocycles. The summed E-state index contributed by atoms with van der Waals surface area (Å²) in [6.45, 7) is 7.58. The van der Waals surface area contributed by atoms with E-state index in [0.29, 0.717) is 5.54 Å². The lowest BCUT2D eigenvalue weighted by Crippen LogP contribution is -2.61. The molecular weight excluding hydrogens is 256 g/mol. The average Bonchev–Trinajstić information content (AvgIpc) is 2.29. The molecule has 1 rings (SSSR count). The van der Waals surface area contributed by atoms with Gasteiger partial charge >= 0.3 is 0 Å². The van der Waals surface area contributed by atoms with Crippen molar-refractivity contribution in [2.75, 3.05) is 6.61 Å². The summed E-state index contributed by atoms with van der Waals surface area (Å²) in [7, 11) is -2.06. The van der Waals surface area contributed by atoms with Gasteiger partial charge in [-0.1, -0.05) is 13.8 Å². The van der Waals surface area contributed by atoms with Crippen LogP contribution in [0.25, 0.3) is 0 Å². The van der Waals surface area contributed by atoms with Crippen LogP contribution in [0.4, 0.5) is 0 Å². The smallest absolute Gasteiger partial charge is 0.192 e. The first-order valence-electron chi connectivity index (χ1n) is 6.19. The maximum Gasteiger partial charge on any atom is 0.192 e. The molecule has 0 radical (unpaired) electrons. The summed E-state index contributed by atoms with van der Waals surface area (Å²) in [4.78, 5) is 0. The van der Waals surface area contributed by atoms with Crippen molar-refractivity contribution in [3.63, 3.8) is 0 Å². The highest BCUT2D eigenvalue weighted by Gasteiger charge is 2.46. The second-order valence-electron chi connectivity index (χ2n) is 5.57. The molecule has 0 aromatic rings. The molecule has 5 atom stereocenters. The van der Waals surface area contributed by atoms with Gasteiger partial charge in [0.25, 0.3) is 0 Å². The molecule has 5 unspecified atom stereocenters. The van der Waals surface area contributed by atoms with E-state index in [1.54, 1.807) is 0 Å². The van der Waals surface area contributed by atoms with Gasteiger partial charge in [-0.3, -0.25) is 0 Å². The summed E-state index contributed by atoms with van der Waals surface area (Å²) in [5.41, 5.74) is 0.310. The third-order valence-electron chi connectivity index (χ3n) is 3.66. The lowest BCUT2D eigenvalue weighted by molar-refractivity contribution is -0.280. The molecule has 0 aromatic carbocycles. The molecule has 4 N–H and O–H groups in total. The van der Waals surface area contributed by atoms with Crippen LogP contribution < -0.4 is 0 Å². The summed E-state index contributed by atoms with van der Waals surface area (Å²) in [6, 6.07) is 0. The topological polar surface area (TPSA) is 99.4 Å². The number of hydrogen-bond acceptors (Lipinski definition) is 6. The van der Waals surface area contributed by atoms with Crippen molar-refractivity contribution in [2.24, 2.45) is 0 Å². The molecule has 6 nitrogen and oxygen atoms in total. The quantitative estimate of drug-likeness (QED) is 0.514. The van der Waals surface area contributed by atoms with Crippen molar-refractivity contribution < 1.29 is 29.6 Å². The van der Waals surface area contributed by atoms with E-state index in [4.69, 9.17) is 14.3 Å². The number of rotatable bonds is 4. The Kier molecular flexibility index (Phi) is 5.30. The van der Waals surface area contributed by atoms with Crippen LogP contribution in [0.3, 0.4) is 0 Å². The number of ether oxygens (including phenoxy) is 1. The molecule has 18 heavy (non-hydrogen) atoms. The Hall–Kier alpha value is -0.0231. The Bertz CT molecular complexity index is 270. The van der Waals surface area contributed by atoms with Crippen LogP contribution in [0.5, 0.6) is 0 Å². The Morgan fingerprint density at radius 2 is 1.67 bits per heavy atom. The second kappa shape index (κ2) is 5.95. The lowest BCUT2D eigenvalue weighted by atomic mass is 10.00. The molecule has 1 saturated heterocycles. The van der Waals surface area contributed by atoms with Crippen LogP contribution in [0.2, 0.25) is 18.6 Å². The van der Waals surface area contributed by atoms with Crippen LogP contribution in [-0.4, -0.2) is 66.1 Å². The van der Waals surface area contributed by atoms with E-state index in [0.717, 1.165) is 0 Å². The first-order chi connectivity index (χ1) is 8.20. The average molecular weight is 280 g/mol. The zero-order chi connectivity index (χ0) is 14.1. The SMILES string of the molecule is CC(C)[Si](C)(C)OC1OC(CO)C(O)C(O)C1O. The van der Waals surface area contributed by atoms with Crippen molar-refractivity contribution >= 4 is 8.32 Å². The molecule has 7 heteroatoms. The monoisotopic (exact) mass is 280 g/mol. The fourth-order valence-electron chi connectivity index (χ4n) is 1.60. The summed E-state index contributed by atoms with van der Waals surface area (Å²) in [5, 5.41) is 38.2. The first-order valence-corrected chi connectivity index (χ1v) is 9.17. The minimum Gasteiger partial charge on any atom is -0.394 e. The molecule has 0 aliphatic carbocycles. The molecular formula is C11H24O6Si. The van der Waals surface area contributed by atoms with Gasteiger partial charge in [0, 0.05) is 0 Å². The first kappa shape index (κ1) is 16.0. The van der Waals surface area contributed by atoms with Crippen LogP contribution in [0, 0.1) is 0 Å². The van der Waals surface area contributed by atoms with Gasteiger partial charge in [-0.05, 0) is 18.6 Å². The predicted octanol–water partition coefficient (Wildman–Crippen LogP) is -0.582. The molecule has 0 saturated carbocycles. The predicted molar refractivity (Wildman–Crippen MR) is 67.4 cm³/mol. The third kappa shape index (κ3) is 3.30. The zero-order valence-electron chi connectivity index (χ0n) is 11.3. The fourth-order valence-corrected chi connectivity index (χ4v) is 2.67. The maximum absolute atomic E-state index is 9.85. The second-order valence-corrected chi connectivity index (χ2v) is 10.2. The minimum absolute atomic E-state index is 0.310. The fraction of sp³-hybridized carbons (Fsp3) is 1.00. The van der Waals surface area contributed by atoms with E-state index < -0.39 is 45.6 Å². The van der Waals surface area contributed by atoms with Crippen molar-refractivity contribution in [3.8, 4) is 0 Å². The lowest BCUT2D eigenvalue weighted by Gasteiger charge is -2.43. The normalized spacial score (nSPS) is 38.2. The van der Waals surface area contributed by atoms with Crippen molar-refractivity contribution in [3.05, 3.63) is 0 Å². The standard InChI is InChI=1S/C11H24O6Si/c1-6(2)18(3,4)17-11-10(15)9(14)8(13)7(5-12)16-11/h6-15H,5H2,1-4H3. The zero-order valence-corrected chi connectivity index (χ0v) is 12.3. The van der Waals surface area contributed by atoms with Gasteiger partial charge in [0.15, 0.2) is 14.6 Å². The van der Waals surface area contributed by atoms with Gasteiger partial charge in [0.05, 0.1) is 6.61 Å². The van der Waals surface area contributed by atoms with Gasteiger partial charge < -0.3 is 29.6 Å². The molecule has 1 aliphatic rings. The van der Waals surface area contributed by atoms with Crippen molar-refractivity contribution in [1.29, 1.82) is 0 Å². The van der Waals surface area contributed by atoms with Gasteiger partial charge in [-0.25, -0.2) is 0 Å². The summed E-state index contributed by atoms with van der Waals surface area (Å²) in [6.07, 6.45) is -5.95. The Labute approximate surface area is 108 Å². The van der Waals surface area contributed by atoms with Gasteiger partial charge in [0.1, 0.15) is 24.4 Å². The summed E-state index contributed by atoms with van der Waals surface area (Å²) < 4.78 is 11.1. The number of aliphatic hydroxyl groups is 4. The Morgan fingerprint density at radius 3 is 2.11 bits per heavy atom. The molecule has 1 aliphatic heterocycles. The molecule has 0 amide bonds. The van der Waals surface area contributed by atoms with Gasteiger partial charge in [0.2, 0.25) is 0 Å². The van der Waals surface area contributed by atoms with E-state index in [-0.39, 0.29) is 0 Å². The van der Waals surface area contributed by atoms with E-state index >= 15 is 0 Å². The van der Waals surface area contributed by atoms with E-state index in [1.807, 2.05) is 26.9 Å². The molecule has 1 fully saturated rings. The Morgan fingerprint density at radius 1 is 1.11 bits per heavy atom. The van der Waals surface area contributed by atoms with Crippen molar-refractivity contribution in [1.82, 2.24) is 0 Å². The van der Waals surface area contributed by atoms with Gasteiger partial charge in [-0.15, -0.1) is 0 Å². The number of aliphatic hydroxyl groups excluding tert-OH is 4. The Balaban J connectivity index is 2.76. The van der Waals surface area contributed by atoms with Crippen LogP contribution in [0.15, 0.2) is 0 Å². The van der Waals surface area contributed by atoms with E-state index in [9.17, 15) is 15.3 Å². The highest BCUT2D eigenvalue weighted by Crippen LogP contribution is 2.29. The van der Waals surface area contributed by atoms with Crippen LogP contribution in [0.1, 0.15) is 13.8 Å². The van der Waals surface area contributed by atoms with E-state index in [1.165, 1.54) is 0 Å². The highest BCUT2D eigenvalue weighted by atomic mass is 28.4.